The zero-order valence-electron chi connectivity index (χ0n) is 10.9. The zero-order chi connectivity index (χ0) is 13.5. The fraction of sp³-hybridized carbons (Fsp3) is 0.200. The summed E-state index contributed by atoms with van der Waals surface area (Å²) in [5.74, 6) is 1.04. The summed E-state index contributed by atoms with van der Waals surface area (Å²) < 4.78 is 1.98. The van der Waals surface area contributed by atoms with Crippen LogP contribution >= 0.6 is 0 Å². The summed E-state index contributed by atoms with van der Waals surface area (Å²) in [6.07, 6.45) is 7.59. The zero-order valence-corrected chi connectivity index (χ0v) is 10.9. The molecule has 0 bridgehead atoms. The third-order valence-electron chi connectivity index (χ3n) is 3.11. The molecule has 0 unspecified atom stereocenters. The summed E-state index contributed by atoms with van der Waals surface area (Å²) in [4.78, 5) is 8.85. The normalized spacial score (nSPS) is 16.1. The molecule has 2 aromatic rings. The van der Waals surface area contributed by atoms with E-state index in [9.17, 15) is 5.11 Å². The number of hydrogen-bond acceptors (Lipinski definition) is 3. The van der Waals surface area contributed by atoms with E-state index in [-0.39, 0.29) is 11.3 Å². The Morgan fingerprint density at radius 2 is 2.11 bits per heavy atom. The number of aromatic hydroxyl groups is 1. The molecule has 1 aromatic carbocycles. The number of imidazole rings is 1. The number of hydrogen-bond donors (Lipinski definition) is 1. The fourth-order valence-corrected chi connectivity index (χ4v) is 2.03. The van der Waals surface area contributed by atoms with Gasteiger partial charge < -0.3 is 5.11 Å². The summed E-state index contributed by atoms with van der Waals surface area (Å²) in [6, 6.07) is 7.16. The van der Waals surface area contributed by atoms with Crippen molar-refractivity contribution >= 4 is 12.4 Å². The van der Waals surface area contributed by atoms with Gasteiger partial charge in [0.15, 0.2) is 5.82 Å². The number of fused-ring (bicyclic) bond motifs is 1. The Morgan fingerprint density at radius 1 is 1.26 bits per heavy atom. The van der Waals surface area contributed by atoms with Crippen LogP contribution in [0.25, 0.3) is 17.5 Å². The lowest BCUT2D eigenvalue weighted by atomic mass is 10.1. The van der Waals surface area contributed by atoms with E-state index in [0.29, 0.717) is 0 Å². The molecule has 4 heteroatoms. The van der Waals surface area contributed by atoms with E-state index in [2.05, 4.69) is 9.98 Å². The Bertz CT molecular complexity index is 680. The third-order valence-corrected chi connectivity index (χ3v) is 3.11. The first kappa shape index (κ1) is 11.7. The van der Waals surface area contributed by atoms with Gasteiger partial charge in [-0.3, -0.25) is 9.56 Å². The minimum absolute atomic E-state index is 0.225. The molecule has 0 fully saturated rings. The van der Waals surface area contributed by atoms with Gasteiger partial charge in [0.1, 0.15) is 5.75 Å². The van der Waals surface area contributed by atoms with Crippen molar-refractivity contribution < 1.29 is 5.11 Å². The molecule has 0 aliphatic carbocycles. The van der Waals surface area contributed by atoms with E-state index >= 15 is 0 Å². The van der Waals surface area contributed by atoms with Gasteiger partial charge in [0.25, 0.3) is 0 Å². The molecule has 1 aliphatic heterocycles. The lowest BCUT2D eigenvalue weighted by Crippen LogP contribution is -2.11. The highest BCUT2D eigenvalue weighted by atomic mass is 16.3. The van der Waals surface area contributed by atoms with E-state index in [4.69, 9.17) is 0 Å². The second-order valence-electron chi connectivity index (χ2n) is 5.15. The van der Waals surface area contributed by atoms with Crippen LogP contribution in [0, 0.1) is 0 Å². The van der Waals surface area contributed by atoms with Gasteiger partial charge in [-0.15, -0.1) is 0 Å². The van der Waals surface area contributed by atoms with Crippen LogP contribution in [-0.4, -0.2) is 26.4 Å². The summed E-state index contributed by atoms with van der Waals surface area (Å²) in [7, 11) is 0. The molecule has 0 saturated carbocycles. The van der Waals surface area contributed by atoms with Crippen molar-refractivity contribution in [2.45, 2.75) is 19.4 Å². The molecule has 1 aromatic heterocycles. The number of nitrogens with zero attached hydrogens (tertiary/aromatic N) is 3. The van der Waals surface area contributed by atoms with Crippen molar-refractivity contribution in [3.05, 3.63) is 42.4 Å². The SMILES string of the molecule is CC1(C)C=Cn2c(-c3cccc(O)c3)cnc2C=N1. The predicted molar refractivity (Wildman–Crippen MR) is 76.3 cm³/mol. The molecule has 0 spiro atoms. The number of benzene rings is 1. The quantitative estimate of drug-likeness (QED) is 0.849. The summed E-state index contributed by atoms with van der Waals surface area (Å²) in [5, 5.41) is 9.58. The van der Waals surface area contributed by atoms with Gasteiger partial charge in [-0.1, -0.05) is 12.1 Å². The van der Waals surface area contributed by atoms with E-state index in [1.807, 2.05) is 42.8 Å². The van der Waals surface area contributed by atoms with Crippen molar-refractivity contribution in [2.75, 3.05) is 0 Å². The number of aliphatic imine (C=N–C) groups is 1. The monoisotopic (exact) mass is 253 g/mol. The molecule has 19 heavy (non-hydrogen) atoms. The van der Waals surface area contributed by atoms with Crippen LogP contribution in [0.2, 0.25) is 0 Å². The Morgan fingerprint density at radius 3 is 2.89 bits per heavy atom. The average Bonchev–Trinajstić information content (AvgIpc) is 2.71. The molecule has 0 amide bonds. The first-order valence-corrected chi connectivity index (χ1v) is 6.16. The largest absolute Gasteiger partial charge is 0.508 e. The molecule has 2 heterocycles. The van der Waals surface area contributed by atoms with Crippen molar-refractivity contribution in [1.29, 1.82) is 0 Å². The van der Waals surface area contributed by atoms with E-state index in [1.54, 1.807) is 24.5 Å². The standard InChI is InChI=1S/C15H15N3O/c1-15(2)6-7-18-13(9-16-14(18)10-17-15)11-4-3-5-12(19)8-11/h3-10,19H,1-2H3. The van der Waals surface area contributed by atoms with Gasteiger partial charge in [-0.2, -0.15) is 0 Å². The van der Waals surface area contributed by atoms with E-state index < -0.39 is 0 Å². The van der Waals surface area contributed by atoms with Crippen LogP contribution in [0.5, 0.6) is 5.75 Å². The van der Waals surface area contributed by atoms with E-state index in [1.165, 1.54) is 0 Å². The van der Waals surface area contributed by atoms with Gasteiger partial charge in [-0.05, 0) is 32.1 Å². The van der Waals surface area contributed by atoms with Crippen LogP contribution in [0.1, 0.15) is 19.7 Å². The first-order chi connectivity index (χ1) is 9.05. The minimum Gasteiger partial charge on any atom is -0.508 e. The maximum absolute atomic E-state index is 9.58. The maximum atomic E-state index is 9.58. The van der Waals surface area contributed by atoms with Gasteiger partial charge >= 0.3 is 0 Å². The summed E-state index contributed by atoms with van der Waals surface area (Å²) in [6.45, 7) is 4.08. The van der Waals surface area contributed by atoms with Crippen molar-refractivity contribution in [3.63, 3.8) is 0 Å². The topological polar surface area (TPSA) is 50.4 Å². The molecule has 1 N–H and O–H groups in total. The van der Waals surface area contributed by atoms with Crippen LogP contribution in [0.15, 0.2) is 41.5 Å². The van der Waals surface area contributed by atoms with Gasteiger partial charge in [0.2, 0.25) is 0 Å². The van der Waals surface area contributed by atoms with Crippen molar-refractivity contribution in [2.24, 2.45) is 4.99 Å². The summed E-state index contributed by atoms with van der Waals surface area (Å²) in [5.41, 5.74) is 1.64. The highest BCUT2D eigenvalue weighted by molar-refractivity contribution is 5.80. The smallest absolute Gasteiger partial charge is 0.155 e. The number of rotatable bonds is 1. The molecule has 3 rings (SSSR count). The Hall–Kier alpha value is -2.36. The Balaban J connectivity index is 2.13. The molecule has 0 atom stereocenters. The maximum Gasteiger partial charge on any atom is 0.155 e. The predicted octanol–water partition coefficient (Wildman–Crippen LogP) is 2.94. The Kier molecular flexibility index (Phi) is 2.52. The van der Waals surface area contributed by atoms with Gasteiger partial charge in [0.05, 0.1) is 23.6 Å². The lowest BCUT2D eigenvalue weighted by Gasteiger charge is -2.11. The van der Waals surface area contributed by atoms with Crippen LogP contribution in [0.3, 0.4) is 0 Å². The third kappa shape index (κ3) is 2.17. The van der Waals surface area contributed by atoms with Gasteiger partial charge in [0, 0.05) is 11.8 Å². The molecular weight excluding hydrogens is 238 g/mol. The number of phenolic OH excluding ortho intramolecular Hbond substituents is 1. The fourth-order valence-electron chi connectivity index (χ4n) is 2.03. The lowest BCUT2D eigenvalue weighted by molar-refractivity contribution is 0.475. The van der Waals surface area contributed by atoms with E-state index in [0.717, 1.165) is 17.1 Å². The average molecular weight is 253 g/mol. The molecule has 96 valence electrons. The number of phenols is 1. The molecule has 4 nitrogen and oxygen atoms in total. The highest BCUT2D eigenvalue weighted by Crippen LogP contribution is 2.26. The summed E-state index contributed by atoms with van der Waals surface area (Å²) >= 11 is 0. The van der Waals surface area contributed by atoms with Crippen molar-refractivity contribution in [3.8, 4) is 17.0 Å². The Labute approximate surface area is 111 Å². The van der Waals surface area contributed by atoms with Crippen LogP contribution in [0.4, 0.5) is 0 Å². The second-order valence-corrected chi connectivity index (χ2v) is 5.15. The molecule has 0 saturated heterocycles. The van der Waals surface area contributed by atoms with Crippen molar-refractivity contribution in [1.82, 2.24) is 9.55 Å². The highest BCUT2D eigenvalue weighted by Gasteiger charge is 2.16. The molecule has 0 radical (unpaired) electrons. The first-order valence-electron chi connectivity index (χ1n) is 6.16. The molecular formula is C15H15N3O. The van der Waals surface area contributed by atoms with Crippen LogP contribution < -0.4 is 0 Å². The second kappa shape index (κ2) is 4.09. The van der Waals surface area contributed by atoms with Crippen LogP contribution in [-0.2, 0) is 0 Å². The van der Waals surface area contributed by atoms with Gasteiger partial charge in [-0.25, -0.2) is 4.98 Å². The molecule has 1 aliphatic rings. The minimum atomic E-state index is -0.225. The number of aromatic nitrogens is 2.